The van der Waals surface area contributed by atoms with E-state index in [1.165, 1.54) is 9.87 Å². The number of anilines is 1. The predicted molar refractivity (Wildman–Crippen MR) is 90.2 cm³/mol. The van der Waals surface area contributed by atoms with Crippen molar-refractivity contribution in [2.75, 3.05) is 10.8 Å². The molecule has 3 nitrogen and oxygen atoms in total. The summed E-state index contributed by atoms with van der Waals surface area (Å²) in [5.74, 6) is 0. The molecule has 5 heteroatoms. The lowest BCUT2D eigenvalue weighted by atomic mass is 10.1. The van der Waals surface area contributed by atoms with Gasteiger partial charge in [0.25, 0.3) is 10.0 Å². The van der Waals surface area contributed by atoms with Crippen LogP contribution in [0.4, 0.5) is 5.69 Å². The van der Waals surface area contributed by atoms with Gasteiger partial charge in [-0.25, -0.2) is 8.42 Å². The second kappa shape index (κ2) is 6.62. The number of aryl methyl sites for hydroxylation is 1. The van der Waals surface area contributed by atoms with Crippen LogP contribution in [0.3, 0.4) is 0 Å². The van der Waals surface area contributed by atoms with Crippen LogP contribution in [-0.4, -0.2) is 15.0 Å². The number of hydrogen-bond acceptors (Lipinski definition) is 2. The van der Waals surface area contributed by atoms with Gasteiger partial charge in [0.15, 0.2) is 0 Å². The quantitative estimate of drug-likeness (QED) is 0.792. The maximum Gasteiger partial charge on any atom is 0.264 e. The van der Waals surface area contributed by atoms with Crippen molar-refractivity contribution < 1.29 is 8.42 Å². The number of halogens is 1. The topological polar surface area (TPSA) is 37.4 Å². The normalized spacial score (nSPS) is 11.4. The van der Waals surface area contributed by atoms with Crippen LogP contribution < -0.4 is 4.31 Å². The van der Waals surface area contributed by atoms with E-state index < -0.39 is 10.0 Å². The summed E-state index contributed by atoms with van der Waals surface area (Å²) < 4.78 is 27.8. The summed E-state index contributed by atoms with van der Waals surface area (Å²) >= 11 is 3.32. The minimum atomic E-state index is -3.53. The Morgan fingerprint density at radius 3 is 2.00 bits per heavy atom. The number of hydrogen-bond donors (Lipinski definition) is 0. The second-order valence-corrected chi connectivity index (χ2v) is 7.42. The first kappa shape index (κ1) is 16.0. The molecule has 0 aliphatic heterocycles. The third-order valence-corrected chi connectivity index (χ3v) is 5.77. The average molecular weight is 368 g/mol. The van der Waals surface area contributed by atoms with Crippen molar-refractivity contribution in [3.63, 3.8) is 0 Å². The SMILES string of the molecule is CCc1ccc(N(CC)S(=O)(=O)c2ccc(Br)cc2)cc1. The van der Waals surface area contributed by atoms with E-state index in [0.717, 1.165) is 10.9 Å². The van der Waals surface area contributed by atoms with E-state index >= 15 is 0 Å². The molecule has 0 bridgehead atoms. The first-order valence-electron chi connectivity index (χ1n) is 6.86. The average Bonchev–Trinajstić information content (AvgIpc) is 2.49. The molecule has 0 aliphatic carbocycles. The van der Waals surface area contributed by atoms with Crippen LogP contribution in [0.1, 0.15) is 19.4 Å². The summed E-state index contributed by atoms with van der Waals surface area (Å²) in [6, 6.07) is 14.4. The van der Waals surface area contributed by atoms with Crippen LogP contribution in [0, 0.1) is 0 Å². The van der Waals surface area contributed by atoms with Crippen molar-refractivity contribution in [1.29, 1.82) is 0 Å². The lowest BCUT2D eigenvalue weighted by Gasteiger charge is -2.23. The lowest BCUT2D eigenvalue weighted by molar-refractivity contribution is 0.592. The molecule has 21 heavy (non-hydrogen) atoms. The Labute approximate surface area is 134 Å². The molecule has 0 fully saturated rings. The molecule has 0 atom stereocenters. The highest BCUT2D eigenvalue weighted by molar-refractivity contribution is 9.10. The van der Waals surface area contributed by atoms with Crippen molar-refractivity contribution in [2.24, 2.45) is 0 Å². The summed E-state index contributed by atoms with van der Waals surface area (Å²) in [6.07, 6.45) is 0.936. The van der Waals surface area contributed by atoms with Crippen LogP contribution in [0.5, 0.6) is 0 Å². The monoisotopic (exact) mass is 367 g/mol. The molecule has 2 aromatic carbocycles. The van der Waals surface area contributed by atoms with Crippen molar-refractivity contribution >= 4 is 31.6 Å². The van der Waals surface area contributed by atoms with E-state index in [1.54, 1.807) is 24.3 Å². The Hall–Kier alpha value is -1.33. The molecule has 112 valence electrons. The molecule has 0 heterocycles. The minimum Gasteiger partial charge on any atom is -0.267 e. The first-order chi connectivity index (χ1) is 9.98. The fraction of sp³-hybridized carbons (Fsp3) is 0.250. The van der Waals surface area contributed by atoms with Crippen LogP contribution in [0.15, 0.2) is 57.9 Å². The first-order valence-corrected chi connectivity index (χ1v) is 9.09. The van der Waals surface area contributed by atoms with Crippen LogP contribution in [0.25, 0.3) is 0 Å². The molecule has 0 saturated carbocycles. The summed E-state index contributed by atoms with van der Waals surface area (Å²) in [4.78, 5) is 0.298. The van der Waals surface area contributed by atoms with Gasteiger partial charge < -0.3 is 0 Å². The Morgan fingerprint density at radius 1 is 0.952 bits per heavy atom. The van der Waals surface area contributed by atoms with Gasteiger partial charge in [-0.1, -0.05) is 35.0 Å². The van der Waals surface area contributed by atoms with Crippen molar-refractivity contribution in [3.8, 4) is 0 Å². The maximum atomic E-state index is 12.7. The number of sulfonamides is 1. The zero-order valence-corrected chi connectivity index (χ0v) is 14.5. The molecule has 2 rings (SSSR count). The van der Waals surface area contributed by atoms with E-state index in [0.29, 0.717) is 17.1 Å². The lowest BCUT2D eigenvalue weighted by Crippen LogP contribution is -2.30. The van der Waals surface area contributed by atoms with Gasteiger partial charge in [0.05, 0.1) is 10.6 Å². The van der Waals surface area contributed by atoms with E-state index in [1.807, 2.05) is 31.2 Å². The largest absolute Gasteiger partial charge is 0.267 e. The summed E-state index contributed by atoms with van der Waals surface area (Å²) in [5.41, 5.74) is 1.88. The van der Waals surface area contributed by atoms with Gasteiger partial charge in [-0.2, -0.15) is 0 Å². The minimum absolute atomic E-state index is 0.298. The molecule has 0 N–H and O–H groups in total. The van der Waals surface area contributed by atoms with Crippen LogP contribution >= 0.6 is 15.9 Å². The number of rotatable bonds is 5. The van der Waals surface area contributed by atoms with Crippen molar-refractivity contribution in [3.05, 3.63) is 58.6 Å². The van der Waals surface area contributed by atoms with Gasteiger partial charge in [-0.15, -0.1) is 0 Å². The molecular formula is C16H18BrNO2S. The van der Waals surface area contributed by atoms with E-state index in [9.17, 15) is 8.42 Å². The summed E-state index contributed by atoms with van der Waals surface area (Å²) in [6.45, 7) is 4.30. The smallest absolute Gasteiger partial charge is 0.264 e. The number of nitrogens with zero attached hydrogens (tertiary/aromatic N) is 1. The van der Waals surface area contributed by atoms with Gasteiger partial charge in [-0.3, -0.25) is 4.31 Å². The fourth-order valence-electron chi connectivity index (χ4n) is 2.12. The molecule has 0 amide bonds. The van der Waals surface area contributed by atoms with Crippen molar-refractivity contribution in [1.82, 2.24) is 0 Å². The van der Waals surface area contributed by atoms with E-state index in [4.69, 9.17) is 0 Å². The second-order valence-electron chi connectivity index (χ2n) is 4.64. The van der Waals surface area contributed by atoms with E-state index in [-0.39, 0.29) is 0 Å². The fourth-order valence-corrected chi connectivity index (χ4v) is 3.86. The third kappa shape index (κ3) is 3.47. The highest BCUT2D eigenvalue weighted by Crippen LogP contribution is 2.25. The Kier molecular flexibility index (Phi) is 5.06. The van der Waals surface area contributed by atoms with Gasteiger partial charge in [-0.05, 0) is 55.3 Å². The molecule has 0 unspecified atom stereocenters. The Bertz CT molecular complexity index is 694. The zero-order chi connectivity index (χ0) is 15.5. The standard InChI is InChI=1S/C16H18BrNO2S/c1-3-13-5-9-15(10-6-13)18(4-2)21(19,20)16-11-7-14(17)8-12-16/h5-12H,3-4H2,1-2H3. The molecule has 0 aliphatic rings. The van der Waals surface area contributed by atoms with Crippen LogP contribution in [-0.2, 0) is 16.4 Å². The van der Waals surface area contributed by atoms with E-state index in [2.05, 4.69) is 22.9 Å². The molecule has 0 radical (unpaired) electrons. The maximum absolute atomic E-state index is 12.7. The molecule has 0 saturated heterocycles. The van der Waals surface area contributed by atoms with Gasteiger partial charge in [0, 0.05) is 11.0 Å². The van der Waals surface area contributed by atoms with Gasteiger partial charge in [0.2, 0.25) is 0 Å². The van der Waals surface area contributed by atoms with Gasteiger partial charge >= 0.3 is 0 Å². The highest BCUT2D eigenvalue weighted by Gasteiger charge is 2.23. The summed E-state index contributed by atoms with van der Waals surface area (Å²) in [5, 5.41) is 0. The predicted octanol–water partition coefficient (Wildman–Crippen LogP) is 4.23. The third-order valence-electron chi connectivity index (χ3n) is 3.32. The molecule has 2 aromatic rings. The summed E-state index contributed by atoms with van der Waals surface area (Å²) in [7, 11) is -3.53. The molecular weight excluding hydrogens is 350 g/mol. The van der Waals surface area contributed by atoms with Gasteiger partial charge in [0.1, 0.15) is 0 Å². The van der Waals surface area contributed by atoms with Crippen LogP contribution in [0.2, 0.25) is 0 Å². The Morgan fingerprint density at radius 2 is 1.52 bits per heavy atom. The Balaban J connectivity index is 2.41. The zero-order valence-electron chi connectivity index (χ0n) is 12.1. The molecule has 0 aromatic heterocycles. The molecule has 0 spiro atoms. The highest BCUT2D eigenvalue weighted by atomic mass is 79.9. The van der Waals surface area contributed by atoms with Crippen molar-refractivity contribution in [2.45, 2.75) is 25.2 Å². The number of benzene rings is 2.